The Labute approximate surface area is 167 Å². The Morgan fingerprint density at radius 3 is 2.37 bits per heavy atom. The van der Waals surface area contributed by atoms with Crippen LogP contribution in [-0.4, -0.2) is 32.1 Å². The Balaban J connectivity index is 1.92. The second kappa shape index (κ2) is 8.15. The zero-order chi connectivity index (χ0) is 19.4. The summed E-state index contributed by atoms with van der Waals surface area (Å²) in [5.74, 6) is 0.552. The monoisotopic (exact) mass is 401 g/mol. The highest BCUT2D eigenvalue weighted by Gasteiger charge is 2.20. The van der Waals surface area contributed by atoms with Gasteiger partial charge in [0, 0.05) is 16.3 Å². The van der Waals surface area contributed by atoms with Crippen LogP contribution in [0.2, 0.25) is 5.02 Å². The van der Waals surface area contributed by atoms with Gasteiger partial charge in [-0.2, -0.15) is 0 Å². The van der Waals surface area contributed by atoms with E-state index in [0.717, 1.165) is 11.3 Å². The van der Waals surface area contributed by atoms with Gasteiger partial charge in [-0.1, -0.05) is 41.6 Å². The molecule has 0 saturated carbocycles. The molecule has 0 bridgehead atoms. The molecule has 140 valence electrons. The van der Waals surface area contributed by atoms with Gasteiger partial charge in [0.05, 0.1) is 5.75 Å². The molecule has 3 aromatic rings. The van der Waals surface area contributed by atoms with Gasteiger partial charge in [0.15, 0.2) is 11.0 Å². The van der Waals surface area contributed by atoms with Crippen LogP contribution in [0.4, 0.5) is 0 Å². The summed E-state index contributed by atoms with van der Waals surface area (Å²) in [7, 11) is 0. The van der Waals surface area contributed by atoms with Crippen molar-refractivity contribution in [3.8, 4) is 17.1 Å². The summed E-state index contributed by atoms with van der Waals surface area (Å²) in [5.41, 5.74) is 1.29. The Hall–Kier alpha value is -2.31. The number of ether oxygens (including phenoxy) is 1. The number of nitrogens with zero attached hydrogens (tertiary/aromatic N) is 3. The lowest BCUT2D eigenvalue weighted by atomic mass is 10.2. The SMILES string of the molecule is CC(C)(C)OC(=O)CSc1nnc(-c2ccc(Cl)cc2)n1-c1ccccc1. The molecule has 0 saturated heterocycles. The molecule has 0 radical (unpaired) electrons. The Kier molecular flexibility index (Phi) is 5.87. The molecule has 0 unspecified atom stereocenters. The van der Waals surface area contributed by atoms with E-state index in [2.05, 4.69) is 10.2 Å². The van der Waals surface area contributed by atoms with Gasteiger partial charge >= 0.3 is 5.97 Å². The lowest BCUT2D eigenvalue weighted by Gasteiger charge is -2.19. The van der Waals surface area contributed by atoms with Crippen LogP contribution in [0.5, 0.6) is 0 Å². The normalized spacial score (nSPS) is 11.4. The zero-order valence-corrected chi connectivity index (χ0v) is 16.9. The molecule has 0 N–H and O–H groups in total. The molecule has 1 heterocycles. The molecule has 0 fully saturated rings. The number of benzene rings is 2. The van der Waals surface area contributed by atoms with Crippen LogP contribution in [0.15, 0.2) is 59.8 Å². The van der Waals surface area contributed by atoms with Gasteiger partial charge in [-0.3, -0.25) is 9.36 Å². The van der Waals surface area contributed by atoms with Crippen LogP contribution in [0.3, 0.4) is 0 Å². The molecule has 3 rings (SSSR count). The Morgan fingerprint density at radius 1 is 1.07 bits per heavy atom. The molecule has 0 atom stereocenters. The van der Waals surface area contributed by atoms with E-state index in [1.807, 2.05) is 79.9 Å². The van der Waals surface area contributed by atoms with Crippen LogP contribution in [0.25, 0.3) is 17.1 Å². The van der Waals surface area contributed by atoms with E-state index in [1.165, 1.54) is 11.8 Å². The highest BCUT2D eigenvalue weighted by Crippen LogP contribution is 2.29. The molecular formula is C20H20ClN3O2S. The highest BCUT2D eigenvalue weighted by atomic mass is 35.5. The number of halogens is 1. The van der Waals surface area contributed by atoms with Gasteiger partial charge in [-0.05, 0) is 57.2 Å². The predicted molar refractivity (Wildman–Crippen MR) is 108 cm³/mol. The third-order valence-corrected chi connectivity index (χ3v) is 4.64. The average molecular weight is 402 g/mol. The zero-order valence-electron chi connectivity index (χ0n) is 15.3. The smallest absolute Gasteiger partial charge is 0.316 e. The number of thioether (sulfide) groups is 1. The molecule has 5 nitrogen and oxygen atoms in total. The van der Waals surface area contributed by atoms with E-state index >= 15 is 0 Å². The van der Waals surface area contributed by atoms with E-state index < -0.39 is 5.60 Å². The summed E-state index contributed by atoms with van der Waals surface area (Å²) in [6.45, 7) is 5.54. The lowest BCUT2D eigenvalue weighted by molar-refractivity contribution is -0.151. The van der Waals surface area contributed by atoms with Crippen LogP contribution >= 0.6 is 23.4 Å². The van der Waals surface area contributed by atoms with Gasteiger partial charge in [0.25, 0.3) is 0 Å². The third-order valence-electron chi connectivity index (χ3n) is 3.49. The topological polar surface area (TPSA) is 57.0 Å². The first-order valence-corrected chi connectivity index (χ1v) is 9.81. The number of aromatic nitrogens is 3. The molecule has 1 aromatic heterocycles. The van der Waals surface area contributed by atoms with E-state index in [4.69, 9.17) is 16.3 Å². The number of esters is 1. The average Bonchev–Trinajstić information content (AvgIpc) is 3.04. The lowest BCUT2D eigenvalue weighted by Crippen LogP contribution is -2.25. The maximum atomic E-state index is 12.1. The van der Waals surface area contributed by atoms with E-state index in [0.29, 0.717) is 16.0 Å². The second-order valence-corrected chi connectivity index (χ2v) is 8.24. The second-order valence-electron chi connectivity index (χ2n) is 6.86. The molecular weight excluding hydrogens is 382 g/mol. The van der Waals surface area contributed by atoms with Crippen molar-refractivity contribution in [2.24, 2.45) is 0 Å². The number of hydrogen-bond donors (Lipinski definition) is 0. The fourth-order valence-electron chi connectivity index (χ4n) is 2.45. The minimum atomic E-state index is -0.515. The van der Waals surface area contributed by atoms with Crippen LogP contribution in [0.1, 0.15) is 20.8 Å². The van der Waals surface area contributed by atoms with E-state index in [1.54, 1.807) is 0 Å². The fraction of sp³-hybridized carbons (Fsp3) is 0.250. The van der Waals surface area contributed by atoms with Crippen LogP contribution < -0.4 is 0 Å². The molecule has 0 aliphatic heterocycles. The van der Waals surface area contributed by atoms with Gasteiger partial charge < -0.3 is 4.74 Å². The number of para-hydroxylation sites is 1. The first-order chi connectivity index (χ1) is 12.8. The molecule has 27 heavy (non-hydrogen) atoms. The van der Waals surface area contributed by atoms with Gasteiger partial charge in [-0.25, -0.2) is 0 Å². The van der Waals surface area contributed by atoms with Crippen molar-refractivity contribution in [1.29, 1.82) is 0 Å². The maximum absolute atomic E-state index is 12.1. The summed E-state index contributed by atoms with van der Waals surface area (Å²) < 4.78 is 7.31. The van der Waals surface area contributed by atoms with Crippen molar-refractivity contribution < 1.29 is 9.53 Å². The molecule has 0 aliphatic carbocycles. The van der Waals surface area contributed by atoms with Gasteiger partial charge in [0.2, 0.25) is 0 Å². The van der Waals surface area contributed by atoms with Crippen molar-refractivity contribution in [1.82, 2.24) is 14.8 Å². The first kappa shape index (κ1) is 19.5. The summed E-state index contributed by atoms with van der Waals surface area (Å²) in [6, 6.07) is 17.2. The summed E-state index contributed by atoms with van der Waals surface area (Å²) in [5, 5.41) is 9.92. The minimum Gasteiger partial charge on any atom is -0.459 e. The third kappa shape index (κ3) is 5.11. The molecule has 0 aliphatic rings. The Morgan fingerprint density at radius 2 is 1.74 bits per heavy atom. The Bertz CT molecular complexity index is 919. The predicted octanol–water partition coefficient (Wildman–Crippen LogP) is 5.02. The standard InChI is InChI=1S/C20H20ClN3O2S/c1-20(2,3)26-17(25)13-27-19-23-22-18(14-9-11-15(21)12-10-14)24(19)16-7-5-4-6-8-16/h4-12H,13H2,1-3H3. The van der Waals surface area contributed by atoms with Crippen LogP contribution in [-0.2, 0) is 9.53 Å². The largest absolute Gasteiger partial charge is 0.459 e. The van der Waals surface area contributed by atoms with E-state index in [-0.39, 0.29) is 11.7 Å². The van der Waals surface area contributed by atoms with Crippen molar-refractivity contribution in [3.05, 3.63) is 59.6 Å². The van der Waals surface area contributed by atoms with Crippen molar-refractivity contribution in [2.45, 2.75) is 31.5 Å². The maximum Gasteiger partial charge on any atom is 0.316 e. The highest BCUT2D eigenvalue weighted by molar-refractivity contribution is 7.99. The number of hydrogen-bond acceptors (Lipinski definition) is 5. The fourth-order valence-corrected chi connectivity index (χ4v) is 3.31. The van der Waals surface area contributed by atoms with Crippen molar-refractivity contribution in [2.75, 3.05) is 5.75 Å². The van der Waals surface area contributed by atoms with Gasteiger partial charge in [-0.15, -0.1) is 10.2 Å². The molecule has 7 heteroatoms. The number of rotatable bonds is 5. The minimum absolute atomic E-state index is 0.156. The summed E-state index contributed by atoms with van der Waals surface area (Å²) in [6.07, 6.45) is 0. The van der Waals surface area contributed by atoms with Gasteiger partial charge in [0.1, 0.15) is 5.60 Å². The number of carbonyl (C=O) groups excluding carboxylic acids is 1. The molecule has 2 aromatic carbocycles. The first-order valence-electron chi connectivity index (χ1n) is 8.45. The van der Waals surface area contributed by atoms with E-state index in [9.17, 15) is 4.79 Å². The van der Waals surface area contributed by atoms with Crippen molar-refractivity contribution >= 4 is 29.3 Å². The van der Waals surface area contributed by atoms with Crippen LogP contribution in [0, 0.1) is 0 Å². The molecule has 0 spiro atoms. The van der Waals surface area contributed by atoms with Crippen molar-refractivity contribution in [3.63, 3.8) is 0 Å². The number of carbonyl (C=O) groups is 1. The summed E-state index contributed by atoms with van der Waals surface area (Å²) >= 11 is 7.30. The molecule has 0 amide bonds. The quantitative estimate of drug-likeness (QED) is 0.443. The summed E-state index contributed by atoms with van der Waals surface area (Å²) in [4.78, 5) is 12.1.